The summed E-state index contributed by atoms with van der Waals surface area (Å²) >= 11 is 0. The molecule has 0 unspecified atom stereocenters. The van der Waals surface area contributed by atoms with Crippen molar-refractivity contribution < 1.29 is 14.3 Å². The van der Waals surface area contributed by atoms with Gasteiger partial charge < -0.3 is 15.0 Å². The van der Waals surface area contributed by atoms with Gasteiger partial charge in [0.1, 0.15) is 11.9 Å². The summed E-state index contributed by atoms with van der Waals surface area (Å²) < 4.78 is 4.40. The molecule has 0 saturated carbocycles. The normalized spacial score (nSPS) is 18.6. The molecule has 0 bridgehead atoms. The maximum Gasteiger partial charge on any atom is 0.352 e. The maximum absolute atomic E-state index is 11.1. The quantitative estimate of drug-likeness (QED) is 0.328. The van der Waals surface area contributed by atoms with Crippen LogP contribution in [-0.2, 0) is 14.3 Å². The Morgan fingerprint density at radius 3 is 2.71 bits per heavy atom. The van der Waals surface area contributed by atoms with Gasteiger partial charge in [0.2, 0.25) is 5.91 Å². The summed E-state index contributed by atoms with van der Waals surface area (Å²) in [5, 5.41) is 11.1. The fourth-order valence-electron chi connectivity index (χ4n) is 1.11. The fraction of sp³-hybridized carbons (Fsp3) is 0.375. The zero-order valence-electron chi connectivity index (χ0n) is 7.83. The molecule has 6 heteroatoms. The molecule has 1 fully saturated rings. The number of likely N-dealkylation sites (N-methyl/N-ethyl adjacent to an activating group) is 1. The second-order valence-electron chi connectivity index (χ2n) is 2.73. The van der Waals surface area contributed by atoms with E-state index in [1.807, 2.05) is 0 Å². The molecule has 1 N–H and O–H groups in total. The van der Waals surface area contributed by atoms with Gasteiger partial charge >= 0.3 is 5.97 Å². The van der Waals surface area contributed by atoms with E-state index in [9.17, 15) is 9.59 Å². The summed E-state index contributed by atoms with van der Waals surface area (Å²) in [5.41, 5.74) is -0.194. The summed E-state index contributed by atoms with van der Waals surface area (Å²) in [6, 6.07) is 1.69. The van der Waals surface area contributed by atoms with Crippen LogP contribution in [0.1, 0.15) is 0 Å². The molecule has 74 valence electrons. The van der Waals surface area contributed by atoms with Crippen LogP contribution in [0.3, 0.4) is 0 Å². The predicted octanol–water partition coefficient (Wildman–Crippen LogP) is -1.04. The molecule has 0 aromatic heterocycles. The molecule has 0 radical (unpaired) electrons. The first kappa shape index (κ1) is 10.1. The van der Waals surface area contributed by atoms with Gasteiger partial charge in [-0.15, -0.1) is 0 Å². The maximum atomic E-state index is 11.1. The Morgan fingerprint density at radius 1 is 1.71 bits per heavy atom. The van der Waals surface area contributed by atoms with E-state index in [1.54, 1.807) is 13.1 Å². The molecule has 14 heavy (non-hydrogen) atoms. The zero-order chi connectivity index (χ0) is 10.7. The number of rotatable bonds is 1. The van der Waals surface area contributed by atoms with Crippen molar-refractivity contribution in [1.82, 2.24) is 10.2 Å². The van der Waals surface area contributed by atoms with Crippen molar-refractivity contribution in [2.75, 3.05) is 20.7 Å². The van der Waals surface area contributed by atoms with E-state index < -0.39 is 5.97 Å². The van der Waals surface area contributed by atoms with E-state index in [0.29, 0.717) is 0 Å². The van der Waals surface area contributed by atoms with Gasteiger partial charge in [-0.25, -0.2) is 4.79 Å². The average molecular weight is 195 g/mol. The Balaban J connectivity index is 3.07. The van der Waals surface area contributed by atoms with E-state index in [4.69, 9.17) is 5.26 Å². The molecule has 6 nitrogen and oxygen atoms in total. The Bertz CT molecular complexity index is 353. The summed E-state index contributed by atoms with van der Waals surface area (Å²) in [5.74, 6) is -0.806. The fourth-order valence-corrected chi connectivity index (χ4v) is 1.11. The van der Waals surface area contributed by atoms with Crippen LogP contribution < -0.4 is 5.32 Å². The van der Waals surface area contributed by atoms with Crippen LogP contribution in [-0.4, -0.2) is 37.5 Å². The van der Waals surface area contributed by atoms with Crippen LogP contribution in [0.4, 0.5) is 0 Å². The second-order valence-corrected chi connectivity index (χ2v) is 2.73. The SMILES string of the molecule is COC(=O)/C(C#N)=C1\NC(=O)CN1C. The van der Waals surface area contributed by atoms with Crippen molar-refractivity contribution in [3.63, 3.8) is 0 Å². The highest BCUT2D eigenvalue weighted by molar-refractivity contribution is 5.95. The second kappa shape index (κ2) is 3.79. The number of hydrogen-bond donors (Lipinski definition) is 1. The lowest BCUT2D eigenvalue weighted by atomic mass is 10.3. The highest BCUT2D eigenvalue weighted by Crippen LogP contribution is 2.11. The van der Waals surface area contributed by atoms with Gasteiger partial charge in [-0.1, -0.05) is 0 Å². The smallest absolute Gasteiger partial charge is 0.352 e. The van der Waals surface area contributed by atoms with Gasteiger partial charge in [-0.3, -0.25) is 4.79 Å². The van der Waals surface area contributed by atoms with Crippen molar-refractivity contribution in [3.8, 4) is 6.07 Å². The van der Waals surface area contributed by atoms with Crippen molar-refractivity contribution in [3.05, 3.63) is 11.4 Å². The summed E-state index contributed by atoms with van der Waals surface area (Å²) in [6.45, 7) is 0.136. The van der Waals surface area contributed by atoms with E-state index >= 15 is 0 Å². The highest BCUT2D eigenvalue weighted by atomic mass is 16.5. The Morgan fingerprint density at radius 2 is 2.36 bits per heavy atom. The monoisotopic (exact) mass is 195 g/mol. The Labute approximate surface area is 80.7 Å². The molecule has 0 aliphatic carbocycles. The number of methoxy groups -OCH3 is 1. The number of nitrogens with one attached hydrogen (secondary N) is 1. The standard InChI is InChI=1S/C8H9N3O3/c1-11-4-6(12)10-7(11)5(3-9)8(13)14-2/h4H2,1-2H3,(H,10,12)/b7-5+. The number of ether oxygens (including phenoxy) is 1. The number of hydrogen-bond acceptors (Lipinski definition) is 5. The van der Waals surface area contributed by atoms with Gasteiger partial charge in [0.05, 0.1) is 13.7 Å². The molecule has 1 aliphatic heterocycles. The first-order valence-electron chi connectivity index (χ1n) is 3.83. The minimum Gasteiger partial charge on any atom is -0.465 e. The first-order valence-corrected chi connectivity index (χ1v) is 3.83. The summed E-state index contributed by atoms with van der Waals surface area (Å²) in [7, 11) is 2.78. The predicted molar refractivity (Wildman–Crippen MR) is 45.4 cm³/mol. The van der Waals surface area contributed by atoms with Crippen LogP contribution in [0.5, 0.6) is 0 Å². The average Bonchev–Trinajstić information content (AvgIpc) is 2.47. The van der Waals surface area contributed by atoms with Crippen LogP contribution in [0.2, 0.25) is 0 Å². The zero-order valence-corrected chi connectivity index (χ0v) is 7.83. The van der Waals surface area contributed by atoms with Gasteiger partial charge in [-0.05, 0) is 0 Å². The molecule has 0 aromatic rings. The topological polar surface area (TPSA) is 82.4 Å². The van der Waals surface area contributed by atoms with Crippen molar-refractivity contribution in [2.45, 2.75) is 0 Å². The van der Waals surface area contributed by atoms with Crippen molar-refractivity contribution >= 4 is 11.9 Å². The molecule has 1 aliphatic rings. The van der Waals surface area contributed by atoms with Crippen molar-refractivity contribution in [2.24, 2.45) is 0 Å². The van der Waals surface area contributed by atoms with E-state index in [0.717, 1.165) is 0 Å². The van der Waals surface area contributed by atoms with Gasteiger partial charge in [0.15, 0.2) is 5.57 Å². The lowest BCUT2D eigenvalue weighted by Gasteiger charge is -2.10. The number of esters is 1. The Kier molecular flexibility index (Phi) is 2.72. The van der Waals surface area contributed by atoms with Crippen LogP contribution >= 0.6 is 0 Å². The number of carbonyl (C=O) groups excluding carboxylic acids is 2. The van der Waals surface area contributed by atoms with Gasteiger partial charge in [0.25, 0.3) is 0 Å². The van der Waals surface area contributed by atoms with Crippen LogP contribution in [0.15, 0.2) is 11.4 Å². The minimum atomic E-state index is -0.753. The number of amides is 1. The molecule has 0 aromatic carbocycles. The Hall–Kier alpha value is -2.03. The molecule has 1 heterocycles. The van der Waals surface area contributed by atoms with Gasteiger partial charge in [0, 0.05) is 7.05 Å². The molecule has 1 rings (SSSR count). The third kappa shape index (κ3) is 1.66. The third-order valence-corrected chi connectivity index (χ3v) is 1.76. The minimum absolute atomic E-state index is 0.136. The van der Waals surface area contributed by atoms with Crippen molar-refractivity contribution in [1.29, 1.82) is 5.26 Å². The van der Waals surface area contributed by atoms with E-state index in [-0.39, 0.29) is 23.8 Å². The van der Waals surface area contributed by atoms with Crippen LogP contribution in [0, 0.1) is 11.3 Å². The summed E-state index contributed by atoms with van der Waals surface area (Å²) in [4.78, 5) is 23.5. The molecule has 0 atom stereocenters. The molecule has 0 spiro atoms. The highest BCUT2D eigenvalue weighted by Gasteiger charge is 2.27. The number of nitriles is 1. The van der Waals surface area contributed by atoms with E-state index in [1.165, 1.54) is 12.0 Å². The van der Waals surface area contributed by atoms with Gasteiger partial charge in [-0.2, -0.15) is 5.26 Å². The molecule has 1 saturated heterocycles. The number of carbonyl (C=O) groups is 2. The largest absolute Gasteiger partial charge is 0.465 e. The lowest BCUT2D eigenvalue weighted by molar-refractivity contribution is -0.135. The molecular weight excluding hydrogens is 186 g/mol. The molecular formula is C8H9N3O3. The third-order valence-electron chi connectivity index (χ3n) is 1.76. The van der Waals surface area contributed by atoms with E-state index in [2.05, 4.69) is 10.1 Å². The number of nitrogens with zero attached hydrogens (tertiary/aromatic N) is 2. The molecule has 1 amide bonds. The van der Waals surface area contributed by atoms with Crippen LogP contribution in [0.25, 0.3) is 0 Å². The summed E-state index contributed by atoms with van der Waals surface area (Å²) in [6.07, 6.45) is 0. The first-order chi connectivity index (χ1) is 6.60. The lowest BCUT2D eigenvalue weighted by Crippen LogP contribution is -2.21.